The van der Waals surface area contributed by atoms with Crippen molar-refractivity contribution in [2.75, 3.05) is 25.5 Å². The Morgan fingerprint density at radius 1 is 1.30 bits per heavy atom. The maximum absolute atomic E-state index is 13.1. The van der Waals surface area contributed by atoms with Gasteiger partial charge in [-0.25, -0.2) is 0 Å². The molecule has 1 saturated carbocycles. The van der Waals surface area contributed by atoms with Gasteiger partial charge in [0.05, 0.1) is 5.56 Å². The lowest BCUT2D eigenvalue weighted by Gasteiger charge is -2.31. The molecule has 1 N–H and O–H groups in total. The predicted octanol–water partition coefficient (Wildman–Crippen LogP) is 3.66. The molecular weight excluding hydrogens is 265 g/mol. The first-order valence-electron chi connectivity index (χ1n) is 6.97. The van der Waals surface area contributed by atoms with Crippen molar-refractivity contribution >= 4 is 5.69 Å². The summed E-state index contributed by atoms with van der Waals surface area (Å²) in [4.78, 5) is 1.93. The van der Waals surface area contributed by atoms with Gasteiger partial charge in [-0.2, -0.15) is 13.2 Å². The molecule has 1 aliphatic carbocycles. The van der Waals surface area contributed by atoms with E-state index in [1.54, 1.807) is 19.2 Å². The molecule has 0 aromatic heterocycles. The second kappa shape index (κ2) is 6.04. The van der Waals surface area contributed by atoms with E-state index in [1.165, 1.54) is 25.3 Å². The maximum Gasteiger partial charge on any atom is 0.416 e. The maximum atomic E-state index is 13.1. The topological polar surface area (TPSA) is 15.3 Å². The third-order valence-corrected chi connectivity index (χ3v) is 3.96. The van der Waals surface area contributed by atoms with Gasteiger partial charge in [-0.3, -0.25) is 0 Å². The number of anilines is 1. The highest BCUT2D eigenvalue weighted by Crippen LogP contribution is 2.35. The molecule has 2 nitrogen and oxygen atoms in total. The van der Waals surface area contributed by atoms with Gasteiger partial charge < -0.3 is 10.2 Å². The molecule has 0 atom stereocenters. The van der Waals surface area contributed by atoms with Crippen LogP contribution in [0.25, 0.3) is 0 Å². The van der Waals surface area contributed by atoms with Crippen LogP contribution in [0, 0.1) is 5.92 Å². The molecule has 0 amide bonds. The van der Waals surface area contributed by atoms with Crippen molar-refractivity contribution in [2.24, 2.45) is 5.92 Å². The van der Waals surface area contributed by atoms with Crippen molar-refractivity contribution in [3.05, 3.63) is 29.3 Å². The van der Waals surface area contributed by atoms with Crippen LogP contribution in [-0.2, 0) is 12.7 Å². The highest BCUT2D eigenvalue weighted by atomic mass is 19.4. The van der Waals surface area contributed by atoms with Crippen LogP contribution in [0.1, 0.15) is 30.4 Å². The van der Waals surface area contributed by atoms with Gasteiger partial charge in [0.25, 0.3) is 0 Å². The highest BCUT2D eigenvalue weighted by Gasteiger charge is 2.33. The smallest absolute Gasteiger partial charge is 0.374 e. The Morgan fingerprint density at radius 3 is 2.50 bits per heavy atom. The lowest BCUT2D eigenvalue weighted by molar-refractivity contribution is -0.138. The molecule has 2 rings (SSSR count). The first-order valence-corrected chi connectivity index (χ1v) is 6.97. The van der Waals surface area contributed by atoms with E-state index >= 15 is 0 Å². The normalized spacial score (nSPS) is 16.1. The Balaban J connectivity index is 2.21. The molecule has 1 aromatic carbocycles. The van der Waals surface area contributed by atoms with Crippen LogP contribution in [0.15, 0.2) is 18.2 Å². The van der Waals surface area contributed by atoms with Crippen LogP contribution >= 0.6 is 0 Å². The number of benzene rings is 1. The van der Waals surface area contributed by atoms with E-state index in [1.807, 2.05) is 11.9 Å². The number of nitrogens with one attached hydrogen (secondary N) is 1. The zero-order valence-corrected chi connectivity index (χ0v) is 11.9. The second-order valence-corrected chi connectivity index (χ2v) is 5.55. The van der Waals surface area contributed by atoms with Crippen molar-refractivity contribution in [3.8, 4) is 0 Å². The van der Waals surface area contributed by atoms with Crippen molar-refractivity contribution < 1.29 is 13.2 Å². The van der Waals surface area contributed by atoms with E-state index in [0.717, 1.165) is 6.54 Å². The van der Waals surface area contributed by atoms with E-state index in [4.69, 9.17) is 0 Å². The van der Waals surface area contributed by atoms with E-state index in [9.17, 15) is 13.2 Å². The van der Waals surface area contributed by atoms with Crippen molar-refractivity contribution in [3.63, 3.8) is 0 Å². The fourth-order valence-electron chi connectivity index (χ4n) is 2.58. The monoisotopic (exact) mass is 286 g/mol. The molecule has 5 heteroatoms. The molecule has 112 valence electrons. The van der Waals surface area contributed by atoms with Crippen LogP contribution < -0.4 is 10.2 Å². The van der Waals surface area contributed by atoms with Crippen LogP contribution in [-0.4, -0.2) is 20.6 Å². The van der Waals surface area contributed by atoms with Gasteiger partial charge in [-0.05, 0) is 43.5 Å². The van der Waals surface area contributed by atoms with Gasteiger partial charge in [0, 0.05) is 25.8 Å². The van der Waals surface area contributed by atoms with Crippen LogP contribution in [0.2, 0.25) is 0 Å². The zero-order valence-electron chi connectivity index (χ0n) is 11.9. The predicted molar refractivity (Wildman–Crippen MR) is 74.8 cm³/mol. The van der Waals surface area contributed by atoms with E-state index < -0.39 is 11.7 Å². The molecule has 0 saturated heterocycles. The minimum Gasteiger partial charge on any atom is -0.374 e. The summed E-state index contributed by atoms with van der Waals surface area (Å²) in [5.41, 5.74) is 0.398. The summed E-state index contributed by atoms with van der Waals surface area (Å²) < 4.78 is 39.3. The lowest BCUT2D eigenvalue weighted by Crippen LogP contribution is -2.29. The number of halogens is 3. The minimum absolute atomic E-state index is 0.224. The number of rotatable bonds is 5. The van der Waals surface area contributed by atoms with Crippen molar-refractivity contribution in [2.45, 2.75) is 32.0 Å². The molecule has 0 aliphatic heterocycles. The second-order valence-electron chi connectivity index (χ2n) is 5.55. The van der Waals surface area contributed by atoms with E-state index in [-0.39, 0.29) is 6.54 Å². The highest BCUT2D eigenvalue weighted by molar-refractivity contribution is 5.51. The van der Waals surface area contributed by atoms with Crippen molar-refractivity contribution in [1.82, 2.24) is 5.32 Å². The molecule has 1 aliphatic rings. The summed E-state index contributed by atoms with van der Waals surface area (Å²) in [5.74, 6) is 0.631. The Morgan fingerprint density at radius 2 is 2.00 bits per heavy atom. The molecule has 0 radical (unpaired) electrons. The molecule has 1 aromatic rings. The van der Waals surface area contributed by atoms with Crippen LogP contribution in [0.4, 0.5) is 18.9 Å². The quantitative estimate of drug-likeness (QED) is 0.888. The molecule has 0 bridgehead atoms. The Kier molecular flexibility index (Phi) is 4.58. The average molecular weight is 286 g/mol. The molecule has 1 fully saturated rings. The summed E-state index contributed by atoms with van der Waals surface area (Å²) in [6.45, 7) is 1.06. The first-order chi connectivity index (χ1) is 9.41. The average Bonchev–Trinajstić information content (AvgIpc) is 2.33. The minimum atomic E-state index is -4.31. The Labute approximate surface area is 118 Å². The van der Waals surface area contributed by atoms with Crippen LogP contribution in [0.3, 0.4) is 0 Å². The third kappa shape index (κ3) is 3.45. The molecule has 20 heavy (non-hydrogen) atoms. The molecule has 0 unspecified atom stereocenters. The summed E-state index contributed by atoms with van der Waals surface area (Å²) in [6.07, 6.45) is -0.685. The Hall–Kier alpha value is -1.23. The summed E-state index contributed by atoms with van der Waals surface area (Å²) in [5, 5.41) is 2.78. The number of alkyl halides is 3. The third-order valence-electron chi connectivity index (χ3n) is 3.96. The first kappa shape index (κ1) is 15.2. The molecule has 0 heterocycles. The van der Waals surface area contributed by atoms with Gasteiger partial charge in [0.2, 0.25) is 0 Å². The molecular formula is C15H21F3N2. The zero-order chi connectivity index (χ0) is 14.8. The van der Waals surface area contributed by atoms with Crippen molar-refractivity contribution in [1.29, 1.82) is 0 Å². The summed E-state index contributed by atoms with van der Waals surface area (Å²) in [6, 6.07) is 4.62. The lowest BCUT2D eigenvalue weighted by atomic mass is 9.85. The largest absolute Gasteiger partial charge is 0.416 e. The van der Waals surface area contributed by atoms with Gasteiger partial charge >= 0.3 is 6.18 Å². The van der Waals surface area contributed by atoms with Gasteiger partial charge in [0.1, 0.15) is 0 Å². The van der Waals surface area contributed by atoms with Gasteiger partial charge in [-0.15, -0.1) is 0 Å². The standard InChI is InChI=1S/C15H21F3N2/c1-19-9-12-6-7-13(8-14(12)15(16,17)18)20(2)10-11-4-3-5-11/h6-8,11,19H,3-5,9-10H2,1-2H3. The van der Waals surface area contributed by atoms with Crippen LogP contribution in [0.5, 0.6) is 0 Å². The molecule has 0 spiro atoms. The van der Waals surface area contributed by atoms with E-state index in [2.05, 4.69) is 5.32 Å². The number of hydrogen-bond acceptors (Lipinski definition) is 2. The van der Waals surface area contributed by atoms with Gasteiger partial charge in [0.15, 0.2) is 0 Å². The SMILES string of the molecule is CNCc1ccc(N(C)CC2CCC2)cc1C(F)(F)F. The summed E-state index contributed by atoms with van der Waals surface area (Å²) in [7, 11) is 3.52. The van der Waals surface area contributed by atoms with E-state index in [0.29, 0.717) is 17.2 Å². The van der Waals surface area contributed by atoms with Gasteiger partial charge in [-0.1, -0.05) is 12.5 Å². The number of hydrogen-bond donors (Lipinski definition) is 1. The Bertz CT molecular complexity index is 453. The fourth-order valence-corrected chi connectivity index (χ4v) is 2.58. The number of nitrogens with zero attached hydrogens (tertiary/aromatic N) is 1. The summed E-state index contributed by atoms with van der Waals surface area (Å²) >= 11 is 0. The fraction of sp³-hybridized carbons (Fsp3) is 0.600.